The summed E-state index contributed by atoms with van der Waals surface area (Å²) in [5.41, 5.74) is 1.31. The van der Waals surface area contributed by atoms with Crippen LogP contribution in [0.5, 0.6) is 0 Å². The summed E-state index contributed by atoms with van der Waals surface area (Å²) in [5, 5.41) is 27.9. The van der Waals surface area contributed by atoms with Crippen LogP contribution in [0, 0.1) is 0 Å². The molecule has 2 atom stereocenters. The fourth-order valence-electron chi connectivity index (χ4n) is 2.43. The molecule has 1 aromatic heterocycles. The molecule has 2 unspecified atom stereocenters. The number of nitrogens with zero attached hydrogens (tertiary/aromatic N) is 3. The lowest BCUT2D eigenvalue weighted by Gasteiger charge is -2.23. The van der Waals surface area contributed by atoms with E-state index in [1.165, 1.54) is 11.8 Å². The highest BCUT2D eigenvalue weighted by molar-refractivity contribution is 8.15. The zero-order chi connectivity index (χ0) is 17.8. The number of furan rings is 1. The minimum atomic E-state index is -0.999. The van der Waals surface area contributed by atoms with Gasteiger partial charge in [-0.15, -0.1) is 10.2 Å². The second-order valence-electron chi connectivity index (χ2n) is 5.42. The van der Waals surface area contributed by atoms with Crippen molar-refractivity contribution >= 4 is 34.3 Å². The number of carbonyl (C=O) groups is 1. The first-order chi connectivity index (χ1) is 12.1. The fraction of sp³-hybridized carbons (Fsp3) is 0.235. The van der Waals surface area contributed by atoms with Gasteiger partial charge in [-0.1, -0.05) is 30.0 Å². The first kappa shape index (κ1) is 17.2. The van der Waals surface area contributed by atoms with Gasteiger partial charge in [0.1, 0.15) is 17.7 Å². The number of aliphatic hydroxyl groups excluding tert-OH is 1. The number of anilines is 1. The first-order valence-corrected chi connectivity index (χ1v) is 8.51. The zero-order valence-corrected chi connectivity index (χ0v) is 14.3. The van der Waals surface area contributed by atoms with E-state index in [1.807, 2.05) is 30.3 Å². The summed E-state index contributed by atoms with van der Waals surface area (Å²) in [6, 6.07) is 12.7. The van der Waals surface area contributed by atoms with E-state index in [-0.39, 0.29) is 6.42 Å². The SMILES string of the molecule is C/C(=N\N=C1\SC(CC(=O)O)C(O)N1c1ccccc1)c1ccco1. The second-order valence-corrected chi connectivity index (χ2v) is 6.62. The number of hydrogen-bond acceptors (Lipinski definition) is 6. The standard InChI is InChI=1S/C17H17N3O4S/c1-11(13-8-5-9-24-13)18-19-17-20(12-6-3-2-4-7-12)16(23)14(25-17)10-15(21)22/h2-9,14,16,23H,10H2,1H3,(H,21,22)/b18-11+,19-17+. The van der Waals surface area contributed by atoms with Crippen molar-refractivity contribution in [1.29, 1.82) is 0 Å². The normalized spacial score (nSPS) is 22.6. The summed E-state index contributed by atoms with van der Waals surface area (Å²) in [7, 11) is 0. The van der Waals surface area contributed by atoms with Gasteiger partial charge in [-0.3, -0.25) is 9.69 Å². The predicted molar refractivity (Wildman–Crippen MR) is 96.9 cm³/mol. The summed E-state index contributed by atoms with van der Waals surface area (Å²) in [5.74, 6) is -0.373. The van der Waals surface area contributed by atoms with Crippen LogP contribution in [-0.4, -0.2) is 38.5 Å². The molecule has 130 valence electrons. The summed E-state index contributed by atoms with van der Waals surface area (Å²) < 4.78 is 5.27. The van der Waals surface area contributed by atoms with Crippen molar-refractivity contribution in [3.63, 3.8) is 0 Å². The highest BCUT2D eigenvalue weighted by Crippen LogP contribution is 2.36. The van der Waals surface area contributed by atoms with Gasteiger partial charge < -0.3 is 14.6 Å². The molecule has 7 nitrogen and oxygen atoms in total. The van der Waals surface area contributed by atoms with Crippen LogP contribution in [0.1, 0.15) is 19.1 Å². The smallest absolute Gasteiger partial charge is 0.304 e. The molecule has 0 saturated carbocycles. The number of para-hydroxylation sites is 1. The van der Waals surface area contributed by atoms with Crippen LogP contribution in [0.25, 0.3) is 0 Å². The summed E-state index contributed by atoms with van der Waals surface area (Å²) in [4.78, 5) is 12.6. The minimum absolute atomic E-state index is 0.172. The number of aliphatic hydroxyl groups is 1. The van der Waals surface area contributed by atoms with E-state index in [9.17, 15) is 9.90 Å². The Labute approximate surface area is 148 Å². The Morgan fingerprint density at radius 3 is 2.68 bits per heavy atom. The molecule has 3 rings (SSSR count). The van der Waals surface area contributed by atoms with E-state index in [1.54, 1.807) is 30.2 Å². The topological polar surface area (TPSA) is 98.6 Å². The third kappa shape index (κ3) is 3.92. The van der Waals surface area contributed by atoms with Crippen LogP contribution < -0.4 is 4.90 Å². The maximum absolute atomic E-state index is 11.0. The van der Waals surface area contributed by atoms with Gasteiger partial charge in [-0.05, 0) is 31.2 Å². The number of amidine groups is 1. The molecule has 0 amide bonds. The van der Waals surface area contributed by atoms with Crippen molar-refractivity contribution in [2.24, 2.45) is 10.2 Å². The molecular formula is C17H17N3O4S. The van der Waals surface area contributed by atoms with Gasteiger partial charge in [0.2, 0.25) is 0 Å². The van der Waals surface area contributed by atoms with E-state index in [0.29, 0.717) is 16.6 Å². The number of thioether (sulfide) groups is 1. The molecule has 2 heterocycles. The Morgan fingerprint density at radius 1 is 1.28 bits per heavy atom. The third-order valence-electron chi connectivity index (χ3n) is 3.63. The van der Waals surface area contributed by atoms with Gasteiger partial charge in [0.05, 0.1) is 17.9 Å². The van der Waals surface area contributed by atoms with Crippen molar-refractivity contribution in [1.82, 2.24) is 0 Å². The van der Waals surface area contributed by atoms with Crippen LogP contribution in [0.15, 0.2) is 63.3 Å². The van der Waals surface area contributed by atoms with E-state index in [2.05, 4.69) is 10.2 Å². The summed E-state index contributed by atoms with van der Waals surface area (Å²) in [6.45, 7) is 1.76. The molecule has 2 N–H and O–H groups in total. The maximum Gasteiger partial charge on any atom is 0.304 e. The molecule has 0 aliphatic carbocycles. The molecule has 1 aliphatic heterocycles. The third-order valence-corrected chi connectivity index (χ3v) is 4.84. The number of aliphatic carboxylic acids is 1. The second kappa shape index (κ2) is 7.54. The average molecular weight is 359 g/mol. The lowest BCUT2D eigenvalue weighted by Crippen LogP contribution is -2.37. The molecule has 0 bridgehead atoms. The van der Waals surface area contributed by atoms with Crippen molar-refractivity contribution < 1.29 is 19.4 Å². The molecule has 1 fully saturated rings. The zero-order valence-electron chi connectivity index (χ0n) is 13.4. The Morgan fingerprint density at radius 2 is 2.04 bits per heavy atom. The van der Waals surface area contributed by atoms with E-state index < -0.39 is 17.4 Å². The van der Waals surface area contributed by atoms with Gasteiger partial charge in [0.15, 0.2) is 5.17 Å². The summed E-state index contributed by atoms with van der Waals surface area (Å²) >= 11 is 1.20. The summed E-state index contributed by atoms with van der Waals surface area (Å²) in [6.07, 6.45) is 0.380. The number of hydrogen-bond donors (Lipinski definition) is 2. The van der Waals surface area contributed by atoms with Crippen LogP contribution in [0.4, 0.5) is 5.69 Å². The minimum Gasteiger partial charge on any atom is -0.481 e. The Hall–Kier alpha value is -2.58. The van der Waals surface area contributed by atoms with Gasteiger partial charge in [-0.2, -0.15) is 0 Å². The van der Waals surface area contributed by atoms with Gasteiger partial charge >= 0.3 is 5.97 Å². The molecule has 1 aliphatic rings. The van der Waals surface area contributed by atoms with Crippen molar-refractivity contribution in [2.45, 2.75) is 24.8 Å². The predicted octanol–water partition coefficient (Wildman–Crippen LogP) is 2.77. The van der Waals surface area contributed by atoms with Crippen molar-refractivity contribution in [2.75, 3.05) is 4.90 Å². The van der Waals surface area contributed by atoms with Gasteiger partial charge in [-0.25, -0.2) is 0 Å². The van der Waals surface area contributed by atoms with Gasteiger partial charge in [0.25, 0.3) is 0 Å². The van der Waals surface area contributed by atoms with Crippen LogP contribution in [0.3, 0.4) is 0 Å². The largest absolute Gasteiger partial charge is 0.481 e. The number of rotatable bonds is 5. The van der Waals surface area contributed by atoms with E-state index in [0.717, 1.165) is 5.69 Å². The molecule has 0 radical (unpaired) electrons. The Balaban J connectivity index is 1.92. The molecule has 2 aromatic rings. The molecule has 0 spiro atoms. The van der Waals surface area contributed by atoms with Gasteiger partial charge in [0, 0.05) is 5.69 Å². The fourth-order valence-corrected chi connectivity index (χ4v) is 3.58. The molecule has 25 heavy (non-hydrogen) atoms. The lowest BCUT2D eigenvalue weighted by molar-refractivity contribution is -0.137. The van der Waals surface area contributed by atoms with Crippen molar-refractivity contribution in [3.05, 3.63) is 54.5 Å². The Kier molecular flexibility index (Phi) is 5.20. The maximum atomic E-state index is 11.0. The molecular weight excluding hydrogens is 342 g/mol. The average Bonchev–Trinajstić information content (AvgIpc) is 3.22. The lowest BCUT2D eigenvalue weighted by atomic mass is 10.2. The number of benzene rings is 1. The van der Waals surface area contributed by atoms with Crippen LogP contribution in [-0.2, 0) is 4.79 Å². The van der Waals surface area contributed by atoms with Crippen molar-refractivity contribution in [3.8, 4) is 0 Å². The molecule has 1 aromatic carbocycles. The number of carboxylic acid groups (broad SMARTS) is 1. The quantitative estimate of drug-likeness (QED) is 0.629. The highest BCUT2D eigenvalue weighted by Gasteiger charge is 2.40. The molecule has 8 heteroatoms. The van der Waals surface area contributed by atoms with Crippen LogP contribution in [0.2, 0.25) is 0 Å². The van der Waals surface area contributed by atoms with Crippen LogP contribution >= 0.6 is 11.8 Å². The van der Waals surface area contributed by atoms with E-state index >= 15 is 0 Å². The number of carboxylic acids is 1. The highest BCUT2D eigenvalue weighted by atomic mass is 32.2. The molecule has 1 saturated heterocycles. The Bertz CT molecular complexity index is 789. The monoisotopic (exact) mass is 359 g/mol. The van der Waals surface area contributed by atoms with E-state index in [4.69, 9.17) is 9.52 Å². The first-order valence-electron chi connectivity index (χ1n) is 7.63.